The van der Waals surface area contributed by atoms with E-state index in [0.29, 0.717) is 17.4 Å². The second kappa shape index (κ2) is 5.58. The van der Waals surface area contributed by atoms with Crippen molar-refractivity contribution in [3.8, 4) is 11.3 Å². The van der Waals surface area contributed by atoms with E-state index in [9.17, 15) is 4.39 Å². The van der Waals surface area contributed by atoms with Crippen LogP contribution in [-0.4, -0.2) is 9.78 Å². The van der Waals surface area contributed by atoms with Crippen molar-refractivity contribution >= 4 is 17.4 Å². The van der Waals surface area contributed by atoms with Crippen molar-refractivity contribution in [1.29, 1.82) is 0 Å². The number of benzene rings is 2. The second-order valence-corrected chi connectivity index (χ2v) is 5.13. The first-order chi connectivity index (χ1) is 10.1. The van der Waals surface area contributed by atoms with Gasteiger partial charge in [-0.05, 0) is 23.8 Å². The molecule has 0 radical (unpaired) electrons. The number of aromatic nitrogens is 2. The van der Waals surface area contributed by atoms with Crippen LogP contribution in [0, 0.1) is 5.82 Å². The Balaban J connectivity index is 1.91. The average Bonchev–Trinajstić information content (AvgIpc) is 2.83. The van der Waals surface area contributed by atoms with Gasteiger partial charge >= 0.3 is 0 Å². The summed E-state index contributed by atoms with van der Waals surface area (Å²) in [5.74, 6) is 0.276. The summed E-state index contributed by atoms with van der Waals surface area (Å²) in [6, 6.07) is 15.5. The zero-order valence-corrected chi connectivity index (χ0v) is 11.9. The lowest BCUT2D eigenvalue weighted by atomic mass is 10.1. The third kappa shape index (κ3) is 2.90. The van der Waals surface area contributed by atoms with Gasteiger partial charge in [0.05, 0.1) is 17.3 Å². The SMILES string of the molecule is Nc1cc(-c2ccccc2Cl)nn1Cc1ccc(F)cc1. The minimum absolute atomic E-state index is 0.260. The van der Waals surface area contributed by atoms with Crippen molar-refractivity contribution in [3.63, 3.8) is 0 Å². The largest absolute Gasteiger partial charge is 0.384 e. The molecule has 0 aliphatic carbocycles. The lowest BCUT2D eigenvalue weighted by Gasteiger charge is -2.04. The highest BCUT2D eigenvalue weighted by Crippen LogP contribution is 2.27. The molecule has 2 aromatic carbocycles. The normalized spacial score (nSPS) is 10.8. The van der Waals surface area contributed by atoms with Gasteiger partial charge in [-0.25, -0.2) is 9.07 Å². The van der Waals surface area contributed by atoms with Gasteiger partial charge < -0.3 is 5.73 Å². The van der Waals surface area contributed by atoms with Crippen molar-refractivity contribution in [1.82, 2.24) is 9.78 Å². The van der Waals surface area contributed by atoms with E-state index in [-0.39, 0.29) is 5.82 Å². The van der Waals surface area contributed by atoms with Crippen molar-refractivity contribution in [2.24, 2.45) is 0 Å². The monoisotopic (exact) mass is 301 g/mol. The summed E-state index contributed by atoms with van der Waals surface area (Å²) in [6.45, 7) is 0.483. The maximum Gasteiger partial charge on any atom is 0.123 e. The van der Waals surface area contributed by atoms with Gasteiger partial charge in [0, 0.05) is 11.6 Å². The molecule has 0 unspecified atom stereocenters. The minimum atomic E-state index is -0.260. The molecule has 0 amide bonds. The van der Waals surface area contributed by atoms with Gasteiger partial charge in [0.1, 0.15) is 11.6 Å². The summed E-state index contributed by atoms with van der Waals surface area (Å²) < 4.78 is 14.6. The first-order valence-electron chi connectivity index (χ1n) is 6.46. The average molecular weight is 302 g/mol. The molecule has 0 aliphatic rings. The summed E-state index contributed by atoms with van der Waals surface area (Å²) in [5, 5.41) is 5.10. The fourth-order valence-electron chi connectivity index (χ4n) is 2.12. The minimum Gasteiger partial charge on any atom is -0.384 e. The third-order valence-corrected chi connectivity index (χ3v) is 3.54. The first-order valence-corrected chi connectivity index (χ1v) is 6.84. The van der Waals surface area contributed by atoms with Gasteiger partial charge in [0.2, 0.25) is 0 Å². The molecule has 0 aliphatic heterocycles. The van der Waals surface area contributed by atoms with Gasteiger partial charge in [-0.15, -0.1) is 0 Å². The predicted octanol–water partition coefficient (Wildman–Crippen LogP) is 3.97. The number of halogens is 2. The Morgan fingerprint density at radius 1 is 1.10 bits per heavy atom. The molecule has 5 heteroatoms. The molecule has 3 aromatic rings. The van der Waals surface area contributed by atoms with Crippen LogP contribution in [0.2, 0.25) is 5.02 Å². The lowest BCUT2D eigenvalue weighted by Crippen LogP contribution is -2.05. The molecule has 1 heterocycles. The van der Waals surface area contributed by atoms with E-state index >= 15 is 0 Å². The Morgan fingerprint density at radius 2 is 1.81 bits per heavy atom. The van der Waals surface area contributed by atoms with Crippen LogP contribution in [0.25, 0.3) is 11.3 Å². The second-order valence-electron chi connectivity index (χ2n) is 4.72. The van der Waals surface area contributed by atoms with E-state index < -0.39 is 0 Å². The molecule has 1 aromatic heterocycles. The molecule has 106 valence electrons. The van der Waals surface area contributed by atoms with Crippen molar-refractivity contribution < 1.29 is 4.39 Å². The quantitative estimate of drug-likeness (QED) is 0.795. The maximum atomic E-state index is 12.9. The van der Waals surface area contributed by atoms with Crippen LogP contribution in [0.1, 0.15) is 5.56 Å². The molecular weight excluding hydrogens is 289 g/mol. The van der Waals surface area contributed by atoms with Crippen LogP contribution in [-0.2, 0) is 6.54 Å². The number of hydrogen-bond donors (Lipinski definition) is 1. The number of nitrogen functional groups attached to an aromatic ring is 1. The van der Waals surface area contributed by atoms with Gasteiger partial charge in [-0.2, -0.15) is 5.10 Å². The summed E-state index contributed by atoms with van der Waals surface area (Å²) >= 11 is 6.17. The van der Waals surface area contributed by atoms with Crippen molar-refractivity contribution in [2.45, 2.75) is 6.54 Å². The Hall–Kier alpha value is -2.33. The number of nitrogens with zero attached hydrogens (tertiary/aromatic N) is 2. The van der Waals surface area contributed by atoms with Crippen molar-refractivity contribution in [2.75, 3.05) is 5.73 Å². The van der Waals surface area contributed by atoms with E-state index in [1.807, 2.05) is 24.3 Å². The molecule has 3 rings (SSSR count). The Kier molecular flexibility index (Phi) is 3.62. The Bertz CT molecular complexity index is 765. The molecule has 0 saturated heterocycles. The molecule has 0 fully saturated rings. The van der Waals surface area contributed by atoms with E-state index in [4.69, 9.17) is 17.3 Å². The van der Waals surface area contributed by atoms with Gasteiger partial charge in [-0.3, -0.25) is 0 Å². The van der Waals surface area contributed by atoms with Crippen LogP contribution in [0.5, 0.6) is 0 Å². The molecule has 0 saturated carbocycles. The van der Waals surface area contributed by atoms with Crippen molar-refractivity contribution in [3.05, 3.63) is 71.0 Å². The third-order valence-electron chi connectivity index (χ3n) is 3.21. The fraction of sp³-hybridized carbons (Fsp3) is 0.0625. The summed E-state index contributed by atoms with van der Waals surface area (Å²) in [4.78, 5) is 0. The zero-order chi connectivity index (χ0) is 14.8. The van der Waals surface area contributed by atoms with E-state index in [2.05, 4.69) is 5.10 Å². The fourth-order valence-corrected chi connectivity index (χ4v) is 2.35. The van der Waals surface area contributed by atoms with Gasteiger partial charge in [0.15, 0.2) is 0 Å². The highest BCUT2D eigenvalue weighted by molar-refractivity contribution is 6.33. The number of rotatable bonds is 3. The molecule has 0 atom stereocenters. The maximum absolute atomic E-state index is 12.9. The van der Waals surface area contributed by atoms with Crippen LogP contribution >= 0.6 is 11.6 Å². The molecule has 2 N–H and O–H groups in total. The standard InChI is InChI=1S/C16H13ClFN3/c17-14-4-2-1-3-13(14)15-9-16(19)21(20-15)10-11-5-7-12(18)8-6-11/h1-9H,10,19H2. The van der Waals surface area contributed by atoms with Gasteiger partial charge in [0.25, 0.3) is 0 Å². The predicted molar refractivity (Wildman–Crippen MR) is 82.6 cm³/mol. The van der Waals surface area contributed by atoms with E-state index in [1.54, 1.807) is 22.9 Å². The van der Waals surface area contributed by atoms with Crippen LogP contribution in [0.3, 0.4) is 0 Å². The van der Waals surface area contributed by atoms with Crippen LogP contribution in [0.4, 0.5) is 10.2 Å². The number of hydrogen-bond acceptors (Lipinski definition) is 2. The Labute approximate surface area is 126 Å². The molecule has 3 nitrogen and oxygen atoms in total. The summed E-state index contributed by atoms with van der Waals surface area (Å²) in [6.07, 6.45) is 0. The molecule has 0 spiro atoms. The Morgan fingerprint density at radius 3 is 2.52 bits per heavy atom. The highest BCUT2D eigenvalue weighted by Gasteiger charge is 2.10. The lowest BCUT2D eigenvalue weighted by molar-refractivity contribution is 0.625. The highest BCUT2D eigenvalue weighted by atomic mass is 35.5. The van der Waals surface area contributed by atoms with Gasteiger partial charge in [-0.1, -0.05) is 41.9 Å². The first kappa shape index (κ1) is 13.6. The number of anilines is 1. The molecule has 0 bridgehead atoms. The smallest absolute Gasteiger partial charge is 0.123 e. The van der Waals surface area contributed by atoms with E-state index in [0.717, 1.165) is 16.8 Å². The number of nitrogens with two attached hydrogens (primary N) is 1. The summed E-state index contributed by atoms with van der Waals surface area (Å²) in [7, 11) is 0. The summed E-state index contributed by atoms with van der Waals surface area (Å²) in [5.41, 5.74) is 8.48. The van der Waals surface area contributed by atoms with Crippen LogP contribution in [0.15, 0.2) is 54.6 Å². The molecular formula is C16H13ClFN3. The topological polar surface area (TPSA) is 43.8 Å². The van der Waals surface area contributed by atoms with E-state index in [1.165, 1.54) is 12.1 Å². The zero-order valence-electron chi connectivity index (χ0n) is 11.1. The van der Waals surface area contributed by atoms with Crippen LogP contribution < -0.4 is 5.73 Å². The molecule has 21 heavy (non-hydrogen) atoms.